The third kappa shape index (κ3) is 5.04. The summed E-state index contributed by atoms with van der Waals surface area (Å²) in [6, 6.07) is 19.9. The molecule has 1 fully saturated rings. The van der Waals surface area contributed by atoms with Crippen LogP contribution < -0.4 is 0 Å². The van der Waals surface area contributed by atoms with Crippen molar-refractivity contribution in [2.75, 3.05) is 33.3 Å². The number of amides is 2. The molecule has 6 heteroatoms. The van der Waals surface area contributed by atoms with Gasteiger partial charge in [-0.2, -0.15) is 0 Å². The number of thioether (sulfide) groups is 1. The standard InChI is InChI=1S/C21H24N2O3S/c1-26-21(25)23-14-8-13-22(15-16-23)20(24)19(17-9-4-2-5-10-17)27-18-11-6-3-7-12-18/h2-7,9-12,19H,8,13-16H2,1H3. The molecule has 0 radical (unpaired) electrons. The minimum absolute atomic E-state index is 0.0850. The van der Waals surface area contributed by atoms with Crippen molar-refractivity contribution >= 4 is 23.8 Å². The number of hydrogen-bond donors (Lipinski definition) is 0. The van der Waals surface area contributed by atoms with E-state index in [4.69, 9.17) is 4.74 Å². The van der Waals surface area contributed by atoms with Gasteiger partial charge in [0.05, 0.1) is 7.11 Å². The summed E-state index contributed by atoms with van der Waals surface area (Å²) in [5, 5.41) is -0.307. The van der Waals surface area contributed by atoms with Crippen LogP contribution in [0.15, 0.2) is 65.6 Å². The normalized spacial score (nSPS) is 15.7. The van der Waals surface area contributed by atoms with Crippen LogP contribution >= 0.6 is 11.8 Å². The molecule has 1 saturated heterocycles. The second kappa shape index (κ2) is 9.46. The van der Waals surface area contributed by atoms with Crippen molar-refractivity contribution in [2.45, 2.75) is 16.6 Å². The summed E-state index contributed by atoms with van der Waals surface area (Å²) in [4.78, 5) is 29.8. The molecule has 0 saturated carbocycles. The van der Waals surface area contributed by atoms with Crippen molar-refractivity contribution in [3.05, 3.63) is 66.2 Å². The van der Waals surface area contributed by atoms with Crippen LogP contribution in [0.5, 0.6) is 0 Å². The Bertz CT molecular complexity index is 755. The largest absolute Gasteiger partial charge is 0.453 e. The third-order valence-corrected chi connectivity index (χ3v) is 5.82. The lowest BCUT2D eigenvalue weighted by atomic mass is 10.1. The number of hydrogen-bond acceptors (Lipinski definition) is 4. The van der Waals surface area contributed by atoms with Gasteiger partial charge in [0, 0.05) is 31.1 Å². The maximum absolute atomic E-state index is 13.4. The van der Waals surface area contributed by atoms with Gasteiger partial charge < -0.3 is 14.5 Å². The zero-order valence-corrected chi connectivity index (χ0v) is 16.2. The fraction of sp³-hybridized carbons (Fsp3) is 0.333. The van der Waals surface area contributed by atoms with Crippen molar-refractivity contribution in [1.82, 2.24) is 9.80 Å². The van der Waals surface area contributed by atoms with Crippen molar-refractivity contribution in [2.24, 2.45) is 0 Å². The van der Waals surface area contributed by atoms with Gasteiger partial charge in [-0.3, -0.25) is 4.79 Å². The minimum atomic E-state index is -0.331. The highest BCUT2D eigenvalue weighted by Gasteiger charge is 2.29. The molecule has 2 aromatic rings. The Morgan fingerprint density at radius 1 is 0.889 bits per heavy atom. The number of methoxy groups -OCH3 is 1. The fourth-order valence-corrected chi connectivity index (χ4v) is 4.27. The smallest absolute Gasteiger partial charge is 0.409 e. The zero-order chi connectivity index (χ0) is 19.1. The van der Waals surface area contributed by atoms with Gasteiger partial charge in [0.15, 0.2) is 0 Å². The van der Waals surface area contributed by atoms with Crippen molar-refractivity contribution < 1.29 is 14.3 Å². The lowest BCUT2D eigenvalue weighted by Gasteiger charge is -2.26. The van der Waals surface area contributed by atoms with Gasteiger partial charge in [-0.1, -0.05) is 48.5 Å². The lowest BCUT2D eigenvalue weighted by Crippen LogP contribution is -2.38. The number of carbonyl (C=O) groups excluding carboxylic acids is 2. The molecule has 27 heavy (non-hydrogen) atoms. The Morgan fingerprint density at radius 2 is 1.48 bits per heavy atom. The van der Waals surface area contributed by atoms with E-state index in [0.717, 1.165) is 16.9 Å². The molecule has 2 amide bonds. The topological polar surface area (TPSA) is 49.9 Å². The van der Waals surface area contributed by atoms with E-state index in [-0.39, 0.29) is 17.3 Å². The van der Waals surface area contributed by atoms with Crippen LogP contribution in [-0.2, 0) is 9.53 Å². The molecule has 0 aliphatic carbocycles. The molecule has 1 aliphatic heterocycles. The van der Waals surface area contributed by atoms with Gasteiger partial charge in [-0.25, -0.2) is 4.79 Å². The summed E-state index contributed by atoms with van der Waals surface area (Å²) in [5.74, 6) is 0.0850. The minimum Gasteiger partial charge on any atom is -0.453 e. The Hall–Kier alpha value is -2.47. The van der Waals surface area contributed by atoms with Crippen LogP contribution in [0.4, 0.5) is 4.79 Å². The Balaban J connectivity index is 1.77. The molecule has 0 aromatic heterocycles. The number of nitrogens with zero attached hydrogens (tertiary/aromatic N) is 2. The SMILES string of the molecule is COC(=O)N1CCCN(C(=O)C(Sc2ccccc2)c2ccccc2)CC1. The summed E-state index contributed by atoms with van der Waals surface area (Å²) in [6.07, 6.45) is 0.417. The molecular formula is C21H24N2O3S. The predicted octanol–water partition coefficient (Wildman–Crippen LogP) is 3.82. The summed E-state index contributed by atoms with van der Waals surface area (Å²) < 4.78 is 4.82. The van der Waals surface area contributed by atoms with Gasteiger partial charge in [0.1, 0.15) is 5.25 Å². The fourth-order valence-electron chi connectivity index (χ4n) is 3.14. The van der Waals surface area contributed by atoms with Gasteiger partial charge in [0.25, 0.3) is 0 Å². The molecule has 2 aromatic carbocycles. The molecule has 0 N–H and O–H groups in total. The monoisotopic (exact) mass is 384 g/mol. The van der Waals surface area contributed by atoms with E-state index in [2.05, 4.69) is 0 Å². The molecular weight excluding hydrogens is 360 g/mol. The number of carbonyl (C=O) groups is 2. The van der Waals surface area contributed by atoms with E-state index in [1.165, 1.54) is 7.11 Å². The van der Waals surface area contributed by atoms with E-state index in [0.29, 0.717) is 26.2 Å². The van der Waals surface area contributed by atoms with E-state index >= 15 is 0 Å². The van der Waals surface area contributed by atoms with Crippen LogP contribution in [0.1, 0.15) is 17.2 Å². The third-order valence-electron chi connectivity index (χ3n) is 4.56. The first-order valence-corrected chi connectivity index (χ1v) is 9.95. The van der Waals surface area contributed by atoms with Gasteiger partial charge in [-0.15, -0.1) is 11.8 Å². The Labute approximate surface area is 164 Å². The van der Waals surface area contributed by atoms with Crippen molar-refractivity contribution in [3.63, 3.8) is 0 Å². The number of ether oxygens (including phenoxy) is 1. The lowest BCUT2D eigenvalue weighted by molar-refractivity contribution is -0.130. The molecule has 0 spiro atoms. The maximum Gasteiger partial charge on any atom is 0.409 e. The summed E-state index contributed by atoms with van der Waals surface area (Å²) in [6.45, 7) is 2.27. The molecule has 0 bridgehead atoms. The van der Waals surface area contributed by atoms with Crippen LogP contribution in [0.25, 0.3) is 0 Å². The molecule has 1 aliphatic rings. The van der Waals surface area contributed by atoms with Crippen LogP contribution in [0, 0.1) is 0 Å². The van der Waals surface area contributed by atoms with E-state index in [9.17, 15) is 9.59 Å². The Morgan fingerprint density at radius 3 is 2.15 bits per heavy atom. The first-order chi connectivity index (χ1) is 13.2. The molecule has 1 unspecified atom stereocenters. The molecule has 3 rings (SSSR count). The van der Waals surface area contributed by atoms with E-state index in [1.54, 1.807) is 16.7 Å². The summed E-state index contributed by atoms with van der Waals surface area (Å²) in [7, 11) is 1.39. The van der Waals surface area contributed by atoms with Crippen molar-refractivity contribution in [3.8, 4) is 0 Å². The van der Waals surface area contributed by atoms with Crippen LogP contribution in [0.2, 0.25) is 0 Å². The quantitative estimate of drug-likeness (QED) is 0.752. The van der Waals surface area contributed by atoms with E-state index in [1.807, 2.05) is 65.6 Å². The van der Waals surface area contributed by atoms with Crippen molar-refractivity contribution in [1.29, 1.82) is 0 Å². The zero-order valence-electron chi connectivity index (χ0n) is 15.4. The highest BCUT2D eigenvalue weighted by Crippen LogP contribution is 2.36. The second-order valence-electron chi connectivity index (χ2n) is 6.36. The summed E-state index contributed by atoms with van der Waals surface area (Å²) >= 11 is 1.57. The summed E-state index contributed by atoms with van der Waals surface area (Å²) in [5.41, 5.74) is 0.991. The number of rotatable bonds is 4. The molecule has 142 valence electrons. The Kier molecular flexibility index (Phi) is 6.76. The van der Waals surface area contributed by atoms with Gasteiger partial charge in [0.2, 0.25) is 5.91 Å². The second-order valence-corrected chi connectivity index (χ2v) is 7.54. The maximum atomic E-state index is 13.4. The molecule has 5 nitrogen and oxygen atoms in total. The van der Waals surface area contributed by atoms with Crippen LogP contribution in [-0.4, -0.2) is 55.1 Å². The van der Waals surface area contributed by atoms with Crippen LogP contribution in [0.3, 0.4) is 0 Å². The highest BCUT2D eigenvalue weighted by atomic mass is 32.2. The number of benzene rings is 2. The predicted molar refractivity (Wildman–Crippen MR) is 107 cm³/mol. The average molecular weight is 385 g/mol. The van der Waals surface area contributed by atoms with Gasteiger partial charge in [-0.05, 0) is 24.1 Å². The molecule has 1 heterocycles. The highest BCUT2D eigenvalue weighted by molar-refractivity contribution is 8.00. The van der Waals surface area contributed by atoms with E-state index < -0.39 is 0 Å². The first-order valence-electron chi connectivity index (χ1n) is 9.07. The van der Waals surface area contributed by atoms with Gasteiger partial charge >= 0.3 is 6.09 Å². The first kappa shape index (κ1) is 19.3. The molecule has 1 atom stereocenters. The average Bonchev–Trinajstić information content (AvgIpc) is 2.99.